The molecule has 0 saturated heterocycles. The third-order valence-corrected chi connectivity index (χ3v) is 2.59. The fourth-order valence-electron chi connectivity index (χ4n) is 1.39. The molecule has 0 N–H and O–H groups in total. The summed E-state index contributed by atoms with van der Waals surface area (Å²) in [6, 6.07) is 6.87. The van der Waals surface area contributed by atoms with Gasteiger partial charge in [-0.2, -0.15) is 0 Å². The largest absolute Gasteiger partial charge is 0.321 e. The molecule has 5 heteroatoms. The zero-order valence-electron chi connectivity index (χ0n) is 8.55. The summed E-state index contributed by atoms with van der Waals surface area (Å²) < 4.78 is 2.47. The van der Waals surface area contributed by atoms with Crippen molar-refractivity contribution in [1.29, 1.82) is 0 Å². The van der Waals surface area contributed by atoms with Gasteiger partial charge in [0.15, 0.2) is 0 Å². The molecule has 0 fully saturated rings. The number of nitrogens with zero attached hydrogens (tertiary/aromatic N) is 2. The van der Waals surface area contributed by atoms with Gasteiger partial charge in [0.2, 0.25) is 0 Å². The van der Waals surface area contributed by atoms with Gasteiger partial charge >= 0.3 is 11.1 Å². The van der Waals surface area contributed by atoms with E-state index in [1.54, 1.807) is 24.3 Å². The summed E-state index contributed by atoms with van der Waals surface area (Å²) in [7, 11) is 1.53. The van der Waals surface area contributed by atoms with Crippen LogP contribution in [0.25, 0.3) is 5.69 Å². The van der Waals surface area contributed by atoms with Gasteiger partial charge in [0, 0.05) is 19.4 Å². The smallest absolute Gasteiger partial charge is 0.312 e. The Kier molecular flexibility index (Phi) is 2.66. The maximum Gasteiger partial charge on any atom is 0.321 e. The van der Waals surface area contributed by atoms with Crippen LogP contribution < -0.4 is 11.1 Å². The van der Waals surface area contributed by atoms with E-state index >= 15 is 0 Å². The lowest BCUT2D eigenvalue weighted by Gasteiger charge is -2.07. The number of benzene rings is 1. The van der Waals surface area contributed by atoms with E-state index in [0.717, 1.165) is 0 Å². The van der Waals surface area contributed by atoms with Crippen LogP contribution in [0.4, 0.5) is 0 Å². The van der Waals surface area contributed by atoms with Crippen molar-refractivity contribution in [3.63, 3.8) is 0 Å². The average Bonchev–Trinajstić information content (AvgIpc) is 2.28. The van der Waals surface area contributed by atoms with Crippen molar-refractivity contribution in [1.82, 2.24) is 9.13 Å². The quantitative estimate of drug-likeness (QED) is 0.698. The lowest BCUT2D eigenvalue weighted by atomic mass is 10.3. The predicted octanol–water partition coefficient (Wildman–Crippen LogP) is 1.19. The molecular formula is C11H9ClN2O2. The molecule has 16 heavy (non-hydrogen) atoms. The summed E-state index contributed by atoms with van der Waals surface area (Å²) in [4.78, 5) is 23.2. The highest BCUT2D eigenvalue weighted by Crippen LogP contribution is 2.17. The van der Waals surface area contributed by atoms with Crippen LogP contribution in [0.2, 0.25) is 5.02 Å². The van der Waals surface area contributed by atoms with E-state index in [9.17, 15) is 9.59 Å². The average molecular weight is 237 g/mol. The molecular weight excluding hydrogens is 228 g/mol. The number of aryl methyl sites for hydroxylation is 1. The Morgan fingerprint density at radius 3 is 2.44 bits per heavy atom. The maximum absolute atomic E-state index is 11.7. The first-order valence-electron chi connectivity index (χ1n) is 4.64. The van der Waals surface area contributed by atoms with Gasteiger partial charge in [-0.15, -0.1) is 0 Å². The first-order valence-corrected chi connectivity index (χ1v) is 5.02. The van der Waals surface area contributed by atoms with Crippen LogP contribution in [0.5, 0.6) is 0 Å². The van der Waals surface area contributed by atoms with Gasteiger partial charge in [-0.25, -0.2) is 0 Å². The summed E-state index contributed by atoms with van der Waals surface area (Å²) in [5.74, 6) is 0. The van der Waals surface area contributed by atoms with E-state index in [2.05, 4.69) is 0 Å². The summed E-state index contributed by atoms with van der Waals surface area (Å²) in [5, 5.41) is 0.429. The van der Waals surface area contributed by atoms with Crippen LogP contribution in [0, 0.1) is 0 Å². The zero-order chi connectivity index (χ0) is 11.7. The number of rotatable bonds is 1. The second-order valence-corrected chi connectivity index (χ2v) is 3.75. The van der Waals surface area contributed by atoms with Gasteiger partial charge in [0.25, 0.3) is 0 Å². The SMILES string of the molecule is Cn1ccn(-c2ccccc2Cl)c(=O)c1=O. The number of hydrogen-bond donors (Lipinski definition) is 0. The van der Waals surface area contributed by atoms with Crippen LogP contribution >= 0.6 is 11.6 Å². The van der Waals surface area contributed by atoms with Crippen molar-refractivity contribution >= 4 is 11.6 Å². The normalized spacial score (nSPS) is 10.4. The van der Waals surface area contributed by atoms with Crippen molar-refractivity contribution < 1.29 is 0 Å². The standard InChI is InChI=1S/C11H9ClN2O2/c1-13-6-7-14(11(16)10(13)15)9-5-3-2-4-8(9)12/h2-7H,1H3. The summed E-state index contributed by atoms with van der Waals surface area (Å²) >= 11 is 5.95. The molecule has 0 atom stereocenters. The molecule has 2 aromatic rings. The third-order valence-electron chi connectivity index (χ3n) is 2.27. The number of hydrogen-bond acceptors (Lipinski definition) is 2. The minimum absolute atomic E-state index is 0.429. The minimum Gasteiger partial charge on any atom is -0.312 e. The molecule has 2 rings (SSSR count). The second-order valence-electron chi connectivity index (χ2n) is 3.34. The molecule has 1 aromatic heterocycles. The first kappa shape index (κ1) is 10.7. The molecule has 0 unspecified atom stereocenters. The summed E-state index contributed by atoms with van der Waals surface area (Å²) in [6.07, 6.45) is 3.04. The Balaban J connectivity index is 2.77. The zero-order valence-corrected chi connectivity index (χ0v) is 9.31. The van der Waals surface area contributed by atoms with Gasteiger partial charge in [-0.05, 0) is 12.1 Å². The molecule has 0 aliphatic carbocycles. The molecule has 82 valence electrons. The molecule has 0 radical (unpaired) electrons. The van der Waals surface area contributed by atoms with Gasteiger partial charge < -0.3 is 4.57 Å². The Labute approximate surface area is 96.3 Å². The predicted molar refractivity (Wildman–Crippen MR) is 62.3 cm³/mol. The van der Waals surface area contributed by atoms with E-state index in [1.165, 1.54) is 28.6 Å². The Morgan fingerprint density at radius 2 is 1.75 bits per heavy atom. The van der Waals surface area contributed by atoms with Gasteiger partial charge in [0.1, 0.15) is 0 Å². The minimum atomic E-state index is -0.613. The number of para-hydroxylation sites is 1. The molecule has 0 saturated carbocycles. The lowest BCUT2D eigenvalue weighted by molar-refractivity contribution is 0.787. The van der Waals surface area contributed by atoms with Crippen LogP contribution in [-0.4, -0.2) is 9.13 Å². The highest BCUT2D eigenvalue weighted by Gasteiger charge is 2.06. The number of aromatic nitrogens is 2. The monoisotopic (exact) mass is 236 g/mol. The molecule has 1 aromatic carbocycles. The van der Waals surface area contributed by atoms with E-state index < -0.39 is 11.1 Å². The van der Waals surface area contributed by atoms with Crippen molar-refractivity contribution in [3.05, 3.63) is 62.4 Å². The summed E-state index contributed by atoms with van der Waals surface area (Å²) in [5.41, 5.74) is -0.688. The summed E-state index contributed by atoms with van der Waals surface area (Å²) in [6.45, 7) is 0. The topological polar surface area (TPSA) is 44.0 Å². The first-order chi connectivity index (χ1) is 7.61. The van der Waals surface area contributed by atoms with Crippen molar-refractivity contribution in [2.24, 2.45) is 7.05 Å². The highest BCUT2D eigenvalue weighted by atomic mass is 35.5. The van der Waals surface area contributed by atoms with Crippen molar-refractivity contribution in [3.8, 4) is 5.69 Å². The fourth-order valence-corrected chi connectivity index (χ4v) is 1.62. The van der Waals surface area contributed by atoms with Gasteiger partial charge in [-0.3, -0.25) is 14.2 Å². The second kappa shape index (κ2) is 3.98. The molecule has 1 heterocycles. The van der Waals surface area contributed by atoms with Gasteiger partial charge in [-0.1, -0.05) is 23.7 Å². The van der Waals surface area contributed by atoms with E-state index in [-0.39, 0.29) is 0 Å². The van der Waals surface area contributed by atoms with Crippen molar-refractivity contribution in [2.75, 3.05) is 0 Å². The van der Waals surface area contributed by atoms with Crippen LogP contribution in [-0.2, 0) is 7.05 Å². The van der Waals surface area contributed by atoms with E-state index in [0.29, 0.717) is 10.7 Å². The molecule has 0 amide bonds. The van der Waals surface area contributed by atoms with Crippen LogP contribution in [0.15, 0.2) is 46.2 Å². The van der Waals surface area contributed by atoms with Crippen LogP contribution in [0.1, 0.15) is 0 Å². The van der Waals surface area contributed by atoms with Crippen LogP contribution in [0.3, 0.4) is 0 Å². The Morgan fingerprint density at radius 1 is 1.06 bits per heavy atom. The Hall–Kier alpha value is -1.81. The molecule has 0 bridgehead atoms. The Bertz CT molecular complexity index is 643. The molecule has 0 aliphatic heterocycles. The highest BCUT2D eigenvalue weighted by molar-refractivity contribution is 6.32. The fraction of sp³-hybridized carbons (Fsp3) is 0.0909. The number of halogens is 1. The van der Waals surface area contributed by atoms with Crippen molar-refractivity contribution in [2.45, 2.75) is 0 Å². The lowest BCUT2D eigenvalue weighted by Crippen LogP contribution is -2.38. The third kappa shape index (κ3) is 1.67. The molecule has 0 aliphatic rings. The van der Waals surface area contributed by atoms with E-state index in [4.69, 9.17) is 11.6 Å². The van der Waals surface area contributed by atoms with E-state index in [1.807, 2.05) is 0 Å². The molecule has 4 nitrogen and oxygen atoms in total. The molecule has 0 spiro atoms. The van der Waals surface area contributed by atoms with Gasteiger partial charge in [0.05, 0.1) is 10.7 Å². The maximum atomic E-state index is 11.7.